The lowest BCUT2D eigenvalue weighted by Gasteiger charge is -2.34. The number of nitrogens with one attached hydrogen (secondary N) is 2. The van der Waals surface area contributed by atoms with Gasteiger partial charge in [-0.3, -0.25) is 0 Å². The van der Waals surface area contributed by atoms with Crippen LogP contribution in [0.1, 0.15) is 5.56 Å². The summed E-state index contributed by atoms with van der Waals surface area (Å²) >= 11 is 0. The lowest BCUT2D eigenvalue weighted by molar-refractivity contribution is 0.313. The van der Waals surface area contributed by atoms with Crippen LogP contribution in [0.2, 0.25) is 0 Å². The number of sulfone groups is 1. The molecule has 0 unspecified atom stereocenters. The first-order valence-electron chi connectivity index (χ1n) is 11.0. The van der Waals surface area contributed by atoms with E-state index in [2.05, 4.69) is 37.4 Å². The lowest BCUT2D eigenvalue weighted by Crippen LogP contribution is -2.44. The largest absolute Gasteiger partial charge is 0.372 e. The minimum absolute atomic E-state index is 0.325. The lowest BCUT2D eigenvalue weighted by atomic mass is 10.2. The van der Waals surface area contributed by atoms with Gasteiger partial charge in [0.25, 0.3) is 0 Å². The van der Waals surface area contributed by atoms with Crippen LogP contribution in [0, 0.1) is 11.6 Å². The van der Waals surface area contributed by atoms with Crippen molar-refractivity contribution in [2.75, 3.05) is 55.8 Å². The molecule has 0 spiro atoms. The van der Waals surface area contributed by atoms with E-state index in [0.29, 0.717) is 23.4 Å². The maximum Gasteiger partial charge on any atom is 0.229 e. The molecule has 1 aromatic heterocycles. The second-order valence-corrected chi connectivity index (χ2v) is 9.93. The van der Waals surface area contributed by atoms with Crippen LogP contribution < -0.4 is 15.5 Å². The minimum atomic E-state index is -4.13. The van der Waals surface area contributed by atoms with Crippen LogP contribution in [0.15, 0.2) is 59.0 Å². The Hall–Kier alpha value is -3.57. The number of anilines is 4. The Bertz CT molecular complexity index is 1320. The van der Waals surface area contributed by atoms with Crippen LogP contribution >= 0.6 is 0 Å². The van der Waals surface area contributed by atoms with E-state index >= 15 is 0 Å². The summed E-state index contributed by atoms with van der Waals surface area (Å²) < 4.78 is 52.0. The Morgan fingerprint density at radius 2 is 1.74 bits per heavy atom. The van der Waals surface area contributed by atoms with E-state index in [0.717, 1.165) is 55.1 Å². The Morgan fingerprint density at radius 1 is 1.03 bits per heavy atom. The normalized spacial score (nSPS) is 14.9. The summed E-state index contributed by atoms with van der Waals surface area (Å²) in [5.41, 5.74) is 2.34. The van der Waals surface area contributed by atoms with Crippen molar-refractivity contribution in [3.05, 3.63) is 71.3 Å². The smallest absolute Gasteiger partial charge is 0.229 e. The molecule has 0 amide bonds. The van der Waals surface area contributed by atoms with Crippen LogP contribution in [0.25, 0.3) is 6.08 Å². The molecule has 0 aliphatic carbocycles. The first kappa shape index (κ1) is 24.6. The van der Waals surface area contributed by atoms with E-state index in [1.807, 2.05) is 24.3 Å². The van der Waals surface area contributed by atoms with Gasteiger partial charge in [0, 0.05) is 67.8 Å². The van der Waals surface area contributed by atoms with Crippen molar-refractivity contribution in [3.63, 3.8) is 0 Å². The van der Waals surface area contributed by atoms with Crippen molar-refractivity contribution < 1.29 is 17.2 Å². The van der Waals surface area contributed by atoms with Crippen LogP contribution in [0.3, 0.4) is 0 Å². The Balaban J connectivity index is 1.47. The van der Waals surface area contributed by atoms with Crippen LogP contribution in [-0.4, -0.2) is 63.6 Å². The Labute approximate surface area is 203 Å². The van der Waals surface area contributed by atoms with E-state index in [9.17, 15) is 17.2 Å². The quantitative estimate of drug-likeness (QED) is 0.475. The summed E-state index contributed by atoms with van der Waals surface area (Å²) in [7, 11) is -0.372. The van der Waals surface area contributed by atoms with Gasteiger partial charge in [0.2, 0.25) is 15.8 Å². The summed E-state index contributed by atoms with van der Waals surface area (Å²) in [6, 6.07) is 10.3. The molecule has 2 heterocycles. The van der Waals surface area contributed by atoms with Crippen molar-refractivity contribution in [1.82, 2.24) is 14.9 Å². The third kappa shape index (κ3) is 5.92. The van der Waals surface area contributed by atoms with E-state index in [4.69, 9.17) is 0 Å². The number of nitrogens with zero attached hydrogens (tertiary/aromatic N) is 4. The van der Waals surface area contributed by atoms with Crippen LogP contribution in [0.4, 0.5) is 31.9 Å². The third-order valence-corrected chi connectivity index (χ3v) is 7.11. The first-order valence-corrected chi connectivity index (χ1v) is 12.5. The Kier molecular flexibility index (Phi) is 7.27. The fourth-order valence-corrected chi connectivity index (χ4v) is 4.73. The molecule has 1 saturated heterocycles. The van der Waals surface area contributed by atoms with Crippen molar-refractivity contribution in [2.45, 2.75) is 4.90 Å². The fraction of sp³-hybridized carbons (Fsp3) is 0.250. The molecule has 1 aliphatic heterocycles. The third-order valence-electron chi connectivity index (χ3n) is 5.67. The second kappa shape index (κ2) is 10.4. The highest BCUT2D eigenvalue weighted by Crippen LogP contribution is 2.24. The molecule has 4 rings (SSSR count). The highest BCUT2D eigenvalue weighted by molar-refractivity contribution is 7.94. The number of hydrogen-bond acceptors (Lipinski definition) is 8. The average Bonchev–Trinajstić information content (AvgIpc) is 2.84. The first-order chi connectivity index (χ1) is 16.7. The molecule has 0 radical (unpaired) electrons. The van der Waals surface area contributed by atoms with Crippen molar-refractivity contribution in [1.29, 1.82) is 0 Å². The van der Waals surface area contributed by atoms with Gasteiger partial charge in [0.15, 0.2) is 0 Å². The standard InChI is InChI=1S/C24H26F2N6O2S/c1-27-23-17(9-14-35(33,34)22-8-3-18(25)15-21(22)26)16-28-24(30-23)29-19-4-6-20(7-5-19)32-12-10-31(2)11-13-32/h3-9,14-16H,10-13H2,1-2H3,(H2,27,28,29,30)/b14-9+. The van der Waals surface area contributed by atoms with Gasteiger partial charge in [-0.1, -0.05) is 0 Å². The van der Waals surface area contributed by atoms with E-state index in [-0.39, 0.29) is 0 Å². The number of piperazine rings is 1. The van der Waals surface area contributed by atoms with Gasteiger partial charge in [-0.25, -0.2) is 22.2 Å². The molecule has 1 fully saturated rings. The maximum absolute atomic E-state index is 13.9. The number of aromatic nitrogens is 2. The van der Waals surface area contributed by atoms with Gasteiger partial charge >= 0.3 is 0 Å². The molecule has 184 valence electrons. The molecular formula is C24H26F2N6O2S. The van der Waals surface area contributed by atoms with Gasteiger partial charge in [0.05, 0.1) is 0 Å². The van der Waals surface area contributed by atoms with E-state index < -0.39 is 26.4 Å². The van der Waals surface area contributed by atoms with Crippen LogP contribution in [-0.2, 0) is 9.84 Å². The molecule has 8 nitrogen and oxygen atoms in total. The van der Waals surface area contributed by atoms with Gasteiger partial charge < -0.3 is 20.4 Å². The molecule has 0 bridgehead atoms. The number of likely N-dealkylation sites (N-methyl/N-ethyl adjacent to an activating group) is 1. The summed E-state index contributed by atoms with van der Waals surface area (Å²) in [4.78, 5) is 12.7. The van der Waals surface area contributed by atoms with E-state index in [1.54, 1.807) is 7.05 Å². The molecule has 2 N–H and O–H groups in total. The zero-order valence-corrected chi connectivity index (χ0v) is 20.2. The van der Waals surface area contributed by atoms with Gasteiger partial charge in [-0.05, 0) is 49.5 Å². The van der Waals surface area contributed by atoms with Crippen molar-refractivity contribution in [3.8, 4) is 0 Å². The maximum atomic E-state index is 13.9. The fourth-order valence-electron chi connectivity index (χ4n) is 3.67. The van der Waals surface area contributed by atoms with Gasteiger partial charge in [0.1, 0.15) is 22.3 Å². The number of benzene rings is 2. The number of rotatable bonds is 7. The predicted octanol–water partition coefficient (Wildman–Crippen LogP) is 3.74. The summed E-state index contributed by atoms with van der Waals surface area (Å²) in [6.45, 7) is 4.02. The van der Waals surface area contributed by atoms with Crippen LogP contribution in [0.5, 0.6) is 0 Å². The molecule has 3 aromatic rings. The minimum Gasteiger partial charge on any atom is -0.372 e. The molecule has 1 aliphatic rings. The number of halogens is 2. The molecule has 0 atom stereocenters. The predicted molar refractivity (Wildman–Crippen MR) is 134 cm³/mol. The summed E-state index contributed by atoms with van der Waals surface area (Å²) in [5.74, 6) is -1.31. The van der Waals surface area contributed by atoms with Crippen molar-refractivity contribution in [2.24, 2.45) is 0 Å². The van der Waals surface area contributed by atoms with Crippen molar-refractivity contribution >= 4 is 39.1 Å². The highest BCUT2D eigenvalue weighted by Gasteiger charge is 2.17. The monoisotopic (exact) mass is 500 g/mol. The van der Waals surface area contributed by atoms with Gasteiger partial charge in [-0.2, -0.15) is 4.98 Å². The molecule has 11 heteroatoms. The highest BCUT2D eigenvalue weighted by atomic mass is 32.2. The second-order valence-electron chi connectivity index (χ2n) is 8.13. The zero-order chi connectivity index (χ0) is 25.0. The SMILES string of the molecule is CNc1nc(Nc2ccc(N3CCN(C)CC3)cc2)ncc1/C=C/S(=O)(=O)c1ccc(F)cc1F. The summed E-state index contributed by atoms with van der Waals surface area (Å²) in [6.07, 6.45) is 2.71. The number of hydrogen-bond donors (Lipinski definition) is 2. The molecule has 35 heavy (non-hydrogen) atoms. The summed E-state index contributed by atoms with van der Waals surface area (Å²) in [5, 5.41) is 6.88. The van der Waals surface area contributed by atoms with Gasteiger partial charge in [-0.15, -0.1) is 0 Å². The molecule has 0 saturated carbocycles. The molecule has 2 aromatic carbocycles. The zero-order valence-electron chi connectivity index (χ0n) is 19.4. The van der Waals surface area contributed by atoms with E-state index in [1.165, 1.54) is 12.3 Å². The molecular weight excluding hydrogens is 474 g/mol. The average molecular weight is 501 g/mol. The Morgan fingerprint density at radius 3 is 2.40 bits per heavy atom. The topological polar surface area (TPSA) is 90.5 Å².